The molecule has 2 aliphatic heterocycles. The summed E-state index contributed by atoms with van der Waals surface area (Å²) in [4.78, 5) is 27.7. The fourth-order valence-electron chi connectivity index (χ4n) is 5.28. The monoisotopic (exact) mass is 578 g/mol. The van der Waals surface area contributed by atoms with Gasteiger partial charge >= 0.3 is 5.97 Å². The van der Waals surface area contributed by atoms with Crippen molar-refractivity contribution in [3.05, 3.63) is 94.1 Å². The molecule has 12 heteroatoms. The third-order valence-corrected chi connectivity index (χ3v) is 7.66. The molecular formula is C29H28ClFN6O4. The zero-order valence-electron chi connectivity index (χ0n) is 22.1. The number of aromatic carboxylic acids is 1. The van der Waals surface area contributed by atoms with Gasteiger partial charge in [0.25, 0.3) is 0 Å². The van der Waals surface area contributed by atoms with Gasteiger partial charge in [-0.25, -0.2) is 19.2 Å². The van der Waals surface area contributed by atoms with Crippen molar-refractivity contribution in [3.8, 4) is 0 Å². The zero-order chi connectivity index (χ0) is 28.3. The van der Waals surface area contributed by atoms with Crippen molar-refractivity contribution in [1.29, 1.82) is 0 Å². The highest BCUT2D eigenvalue weighted by Gasteiger charge is 2.28. The third-order valence-electron chi connectivity index (χ3n) is 7.42. The van der Waals surface area contributed by atoms with E-state index in [-0.39, 0.29) is 18.1 Å². The smallest absolute Gasteiger partial charge is 0.335 e. The lowest BCUT2D eigenvalue weighted by Crippen LogP contribution is -2.36. The number of ether oxygens (including phenoxy) is 1. The number of rotatable bonds is 9. The number of hydrogen-bond acceptors (Lipinski definition) is 8. The SMILES string of the molecule is O=C(O)c1ccc2nc(CN3CCC(C4=C(OCc5ccc(Cl)cc5F)NCC=N4)CC3)n(Cc3cocn3)c2c1. The summed E-state index contributed by atoms with van der Waals surface area (Å²) in [6.45, 7) is 3.28. The van der Waals surface area contributed by atoms with Crippen LogP contribution in [0.3, 0.4) is 0 Å². The summed E-state index contributed by atoms with van der Waals surface area (Å²) in [6.07, 6.45) is 6.51. The molecule has 2 aromatic heterocycles. The van der Waals surface area contributed by atoms with Gasteiger partial charge in [-0.3, -0.25) is 9.89 Å². The lowest BCUT2D eigenvalue weighted by atomic mass is 9.93. The van der Waals surface area contributed by atoms with E-state index in [9.17, 15) is 14.3 Å². The number of allylic oxidation sites excluding steroid dienone is 1. The van der Waals surface area contributed by atoms with E-state index < -0.39 is 11.8 Å². The Morgan fingerprint density at radius 1 is 1.20 bits per heavy atom. The van der Waals surface area contributed by atoms with Crippen LogP contribution in [0.4, 0.5) is 4.39 Å². The summed E-state index contributed by atoms with van der Waals surface area (Å²) in [5.41, 5.74) is 3.68. The number of carboxylic acid groups (broad SMARTS) is 1. The first-order chi connectivity index (χ1) is 19.9. The van der Waals surface area contributed by atoms with E-state index in [1.165, 1.54) is 12.5 Å². The Balaban J connectivity index is 1.16. The van der Waals surface area contributed by atoms with Gasteiger partial charge in [0.2, 0.25) is 5.88 Å². The molecule has 2 aliphatic rings. The lowest BCUT2D eigenvalue weighted by Gasteiger charge is -2.33. The number of likely N-dealkylation sites (tertiary alicyclic amines) is 1. The van der Waals surface area contributed by atoms with Crippen LogP contribution in [0.15, 0.2) is 70.0 Å². The Labute approximate surface area is 240 Å². The molecule has 1 fully saturated rings. The summed E-state index contributed by atoms with van der Waals surface area (Å²) in [6, 6.07) is 9.51. The highest BCUT2D eigenvalue weighted by molar-refractivity contribution is 6.30. The molecule has 1 saturated heterocycles. The van der Waals surface area contributed by atoms with Crippen molar-refractivity contribution >= 4 is 34.8 Å². The largest absolute Gasteiger partial charge is 0.478 e. The van der Waals surface area contributed by atoms with Gasteiger partial charge < -0.3 is 24.1 Å². The fraction of sp³-hybridized carbons (Fsp3) is 0.310. The molecule has 0 saturated carbocycles. The van der Waals surface area contributed by atoms with Gasteiger partial charge in [0.15, 0.2) is 6.39 Å². The van der Waals surface area contributed by atoms with Gasteiger partial charge in [0.05, 0.1) is 41.9 Å². The Bertz CT molecular complexity index is 1630. The predicted molar refractivity (Wildman–Crippen MR) is 150 cm³/mol. The van der Waals surface area contributed by atoms with E-state index in [4.69, 9.17) is 25.7 Å². The number of piperidine rings is 1. The van der Waals surface area contributed by atoms with Gasteiger partial charge in [-0.05, 0) is 56.3 Å². The van der Waals surface area contributed by atoms with Crippen LogP contribution in [-0.2, 0) is 24.4 Å². The highest BCUT2D eigenvalue weighted by Crippen LogP contribution is 2.30. The summed E-state index contributed by atoms with van der Waals surface area (Å²) < 4.78 is 27.4. The number of carboxylic acids is 1. The van der Waals surface area contributed by atoms with Crippen LogP contribution in [0, 0.1) is 11.7 Å². The van der Waals surface area contributed by atoms with E-state index in [0.717, 1.165) is 54.2 Å². The summed E-state index contributed by atoms with van der Waals surface area (Å²) in [7, 11) is 0. The molecule has 10 nitrogen and oxygen atoms in total. The van der Waals surface area contributed by atoms with Gasteiger partial charge in [0.1, 0.15) is 30.2 Å². The molecule has 6 rings (SSSR count). The van der Waals surface area contributed by atoms with Crippen molar-refractivity contribution in [2.45, 2.75) is 32.5 Å². The number of carbonyl (C=O) groups is 1. The molecule has 0 bridgehead atoms. The van der Waals surface area contributed by atoms with E-state index >= 15 is 0 Å². The van der Waals surface area contributed by atoms with E-state index in [1.807, 2.05) is 10.8 Å². The van der Waals surface area contributed by atoms with E-state index in [0.29, 0.717) is 36.1 Å². The number of aromatic nitrogens is 3. The molecule has 2 N–H and O–H groups in total. The maximum atomic E-state index is 14.3. The molecule has 4 aromatic rings. The Morgan fingerprint density at radius 2 is 2.05 bits per heavy atom. The number of hydrogen-bond donors (Lipinski definition) is 2. The number of aliphatic imine (C=N–C) groups is 1. The maximum absolute atomic E-state index is 14.3. The Morgan fingerprint density at radius 3 is 2.80 bits per heavy atom. The number of imidazole rings is 1. The van der Waals surface area contributed by atoms with Crippen LogP contribution in [0.25, 0.3) is 11.0 Å². The van der Waals surface area contributed by atoms with Crippen LogP contribution in [-0.4, -0.2) is 56.4 Å². The second-order valence-corrected chi connectivity index (χ2v) is 10.5. The summed E-state index contributed by atoms with van der Waals surface area (Å²) >= 11 is 5.87. The molecule has 0 atom stereocenters. The number of nitrogens with zero attached hydrogens (tertiary/aromatic N) is 5. The first-order valence-corrected chi connectivity index (χ1v) is 13.7. The molecular weight excluding hydrogens is 551 g/mol. The Hall–Kier alpha value is -4.22. The quantitative estimate of drug-likeness (QED) is 0.290. The molecule has 212 valence electrons. The number of halogens is 2. The first kappa shape index (κ1) is 27.0. The minimum absolute atomic E-state index is 0.0779. The summed E-state index contributed by atoms with van der Waals surface area (Å²) in [5, 5.41) is 13.1. The lowest BCUT2D eigenvalue weighted by molar-refractivity contribution is 0.0697. The van der Waals surface area contributed by atoms with Crippen LogP contribution in [0.5, 0.6) is 0 Å². The average Bonchev–Trinajstić information content (AvgIpc) is 3.61. The molecule has 4 heterocycles. The van der Waals surface area contributed by atoms with E-state index in [1.54, 1.807) is 36.6 Å². The maximum Gasteiger partial charge on any atom is 0.335 e. The average molecular weight is 579 g/mol. The van der Waals surface area contributed by atoms with Gasteiger partial charge in [-0.1, -0.05) is 17.7 Å². The van der Waals surface area contributed by atoms with Gasteiger partial charge in [0, 0.05) is 22.7 Å². The first-order valence-electron chi connectivity index (χ1n) is 13.3. The van der Waals surface area contributed by atoms with Crippen LogP contribution in [0.1, 0.15) is 40.3 Å². The molecule has 0 aliphatic carbocycles. The molecule has 2 aromatic carbocycles. The molecule has 0 unspecified atom stereocenters. The van der Waals surface area contributed by atoms with E-state index in [2.05, 4.69) is 20.2 Å². The topological polar surface area (TPSA) is 118 Å². The number of fused-ring (bicyclic) bond motifs is 1. The van der Waals surface area contributed by atoms with Crippen molar-refractivity contribution in [2.75, 3.05) is 19.6 Å². The van der Waals surface area contributed by atoms with Crippen molar-refractivity contribution in [2.24, 2.45) is 10.9 Å². The third kappa shape index (κ3) is 5.96. The highest BCUT2D eigenvalue weighted by atomic mass is 35.5. The molecule has 41 heavy (non-hydrogen) atoms. The zero-order valence-corrected chi connectivity index (χ0v) is 22.9. The van der Waals surface area contributed by atoms with Crippen LogP contribution < -0.4 is 5.32 Å². The molecule has 0 radical (unpaired) electrons. The second kappa shape index (κ2) is 11.7. The number of oxazole rings is 1. The molecule has 0 spiro atoms. The second-order valence-electron chi connectivity index (χ2n) is 10.1. The minimum atomic E-state index is -0.986. The van der Waals surface area contributed by atoms with Gasteiger partial charge in [-0.15, -0.1) is 0 Å². The standard InChI is InChI=1S/C29H28ClFN6O4/c30-21-3-1-20(23(31)12-21)15-41-28-27(32-7-8-33-28)18-5-9-36(10-6-18)14-26-35-24-4-2-19(29(38)39)11-25(24)37(26)13-22-16-40-17-34-22/h1-4,7,11-12,16-18,33H,5-6,8-10,13-15H2,(H,38,39). The van der Waals surface area contributed by atoms with Crippen molar-refractivity contribution in [1.82, 2.24) is 24.8 Å². The minimum Gasteiger partial charge on any atom is -0.478 e. The van der Waals surface area contributed by atoms with Crippen LogP contribution >= 0.6 is 11.6 Å². The van der Waals surface area contributed by atoms with Crippen molar-refractivity contribution in [3.63, 3.8) is 0 Å². The normalized spacial score (nSPS) is 16.3. The summed E-state index contributed by atoms with van der Waals surface area (Å²) in [5.74, 6) is 0.215. The van der Waals surface area contributed by atoms with Gasteiger partial charge in [-0.2, -0.15) is 0 Å². The predicted octanol–water partition coefficient (Wildman–Crippen LogP) is 4.84. The number of nitrogens with one attached hydrogen (secondary N) is 1. The fourth-order valence-corrected chi connectivity index (χ4v) is 5.44. The Kier molecular flexibility index (Phi) is 7.71. The van der Waals surface area contributed by atoms with Crippen LogP contribution in [0.2, 0.25) is 5.02 Å². The van der Waals surface area contributed by atoms with Crippen molar-refractivity contribution < 1.29 is 23.4 Å². The number of benzene rings is 2. The molecule has 0 amide bonds.